The highest BCUT2D eigenvalue weighted by molar-refractivity contribution is 5.80. The Morgan fingerprint density at radius 2 is 1.89 bits per heavy atom. The van der Waals surface area contributed by atoms with Crippen molar-refractivity contribution in [1.29, 1.82) is 0 Å². The van der Waals surface area contributed by atoms with Gasteiger partial charge in [-0.25, -0.2) is 0 Å². The van der Waals surface area contributed by atoms with Gasteiger partial charge in [0.15, 0.2) is 0 Å². The van der Waals surface area contributed by atoms with E-state index in [1.807, 2.05) is 13.8 Å². The zero-order valence-corrected chi connectivity index (χ0v) is 11.8. The fourth-order valence-electron chi connectivity index (χ4n) is 1.66. The molecular formula is C15H24N2O. The molecule has 0 aliphatic rings. The van der Waals surface area contributed by atoms with E-state index in [1.54, 1.807) is 0 Å². The quantitative estimate of drug-likeness (QED) is 0.812. The SMILES string of the molecule is CCc1ccc(C(C)NCC(C)(C)C(N)=O)cc1. The molecule has 0 saturated carbocycles. The first-order valence-electron chi connectivity index (χ1n) is 6.49. The van der Waals surface area contributed by atoms with Gasteiger partial charge in [0.05, 0.1) is 5.41 Å². The minimum absolute atomic E-state index is 0.217. The van der Waals surface area contributed by atoms with Crippen LogP contribution in [0.3, 0.4) is 0 Å². The van der Waals surface area contributed by atoms with E-state index < -0.39 is 5.41 Å². The van der Waals surface area contributed by atoms with Gasteiger partial charge in [-0.2, -0.15) is 0 Å². The minimum Gasteiger partial charge on any atom is -0.369 e. The first-order valence-corrected chi connectivity index (χ1v) is 6.49. The predicted octanol–water partition coefficient (Wildman–Crippen LogP) is 2.41. The highest BCUT2D eigenvalue weighted by Crippen LogP contribution is 2.17. The van der Waals surface area contributed by atoms with E-state index in [0.29, 0.717) is 6.54 Å². The van der Waals surface area contributed by atoms with E-state index in [0.717, 1.165) is 6.42 Å². The Bertz CT molecular complexity index is 395. The number of carbonyl (C=O) groups is 1. The lowest BCUT2D eigenvalue weighted by molar-refractivity contribution is -0.125. The normalized spacial score (nSPS) is 13.3. The highest BCUT2D eigenvalue weighted by Gasteiger charge is 2.25. The molecule has 0 spiro atoms. The van der Waals surface area contributed by atoms with Gasteiger partial charge in [0.1, 0.15) is 0 Å². The van der Waals surface area contributed by atoms with Crippen LogP contribution in [0.15, 0.2) is 24.3 Å². The number of carbonyl (C=O) groups excluding carboxylic acids is 1. The molecule has 1 amide bonds. The van der Waals surface area contributed by atoms with Gasteiger partial charge in [-0.05, 0) is 38.3 Å². The van der Waals surface area contributed by atoms with Crippen LogP contribution in [0.2, 0.25) is 0 Å². The molecular weight excluding hydrogens is 224 g/mol. The molecule has 18 heavy (non-hydrogen) atoms. The van der Waals surface area contributed by atoms with Gasteiger partial charge in [-0.3, -0.25) is 4.79 Å². The third-order valence-electron chi connectivity index (χ3n) is 3.41. The van der Waals surface area contributed by atoms with Gasteiger partial charge in [0.2, 0.25) is 5.91 Å². The number of amides is 1. The second-order valence-electron chi connectivity index (χ2n) is 5.45. The molecule has 0 fully saturated rings. The standard InChI is InChI=1S/C15H24N2O/c1-5-12-6-8-13(9-7-12)11(2)17-10-15(3,4)14(16)18/h6-9,11,17H,5,10H2,1-4H3,(H2,16,18). The third kappa shape index (κ3) is 3.84. The number of primary amides is 1. The van der Waals surface area contributed by atoms with Gasteiger partial charge in [0.25, 0.3) is 0 Å². The Hall–Kier alpha value is -1.35. The third-order valence-corrected chi connectivity index (χ3v) is 3.41. The van der Waals surface area contributed by atoms with Crippen LogP contribution >= 0.6 is 0 Å². The van der Waals surface area contributed by atoms with E-state index in [2.05, 4.69) is 43.4 Å². The van der Waals surface area contributed by atoms with Crippen molar-refractivity contribution in [2.45, 2.75) is 40.2 Å². The Balaban J connectivity index is 2.59. The van der Waals surface area contributed by atoms with Gasteiger partial charge < -0.3 is 11.1 Å². The molecule has 1 aromatic carbocycles. The summed E-state index contributed by atoms with van der Waals surface area (Å²) < 4.78 is 0. The molecule has 0 heterocycles. The maximum absolute atomic E-state index is 11.2. The monoisotopic (exact) mass is 248 g/mol. The number of aryl methyl sites for hydroxylation is 1. The summed E-state index contributed by atoms with van der Waals surface area (Å²) in [6, 6.07) is 8.77. The van der Waals surface area contributed by atoms with E-state index in [-0.39, 0.29) is 11.9 Å². The fraction of sp³-hybridized carbons (Fsp3) is 0.533. The number of nitrogens with two attached hydrogens (primary N) is 1. The lowest BCUT2D eigenvalue weighted by Gasteiger charge is -2.24. The summed E-state index contributed by atoms with van der Waals surface area (Å²) in [4.78, 5) is 11.2. The van der Waals surface area contributed by atoms with Crippen molar-refractivity contribution < 1.29 is 4.79 Å². The fourth-order valence-corrected chi connectivity index (χ4v) is 1.66. The zero-order chi connectivity index (χ0) is 13.8. The van der Waals surface area contributed by atoms with Crippen molar-refractivity contribution in [3.8, 4) is 0 Å². The Morgan fingerprint density at radius 1 is 1.33 bits per heavy atom. The average molecular weight is 248 g/mol. The molecule has 1 unspecified atom stereocenters. The van der Waals surface area contributed by atoms with Crippen LogP contribution in [0.5, 0.6) is 0 Å². The summed E-state index contributed by atoms with van der Waals surface area (Å²) in [7, 11) is 0. The van der Waals surface area contributed by atoms with Crippen LogP contribution in [-0.4, -0.2) is 12.5 Å². The summed E-state index contributed by atoms with van der Waals surface area (Å²) in [5.74, 6) is -0.275. The summed E-state index contributed by atoms with van der Waals surface area (Å²) in [6.07, 6.45) is 1.05. The smallest absolute Gasteiger partial charge is 0.224 e. The predicted molar refractivity (Wildman–Crippen MR) is 75.2 cm³/mol. The molecule has 1 aromatic rings. The van der Waals surface area contributed by atoms with E-state index in [4.69, 9.17) is 5.73 Å². The Kier molecular flexibility index (Phi) is 4.91. The summed E-state index contributed by atoms with van der Waals surface area (Å²) in [6.45, 7) is 8.54. The first-order chi connectivity index (χ1) is 8.36. The minimum atomic E-state index is -0.516. The highest BCUT2D eigenvalue weighted by atomic mass is 16.1. The molecule has 0 aliphatic heterocycles. The van der Waals surface area contributed by atoms with E-state index in [1.165, 1.54) is 11.1 Å². The molecule has 0 aromatic heterocycles. The lowest BCUT2D eigenvalue weighted by Crippen LogP contribution is -2.41. The number of hydrogen-bond donors (Lipinski definition) is 2. The van der Waals surface area contributed by atoms with Crippen molar-refractivity contribution in [1.82, 2.24) is 5.32 Å². The molecule has 0 aliphatic carbocycles. The van der Waals surface area contributed by atoms with Crippen molar-refractivity contribution in [2.75, 3.05) is 6.54 Å². The second kappa shape index (κ2) is 6.01. The number of rotatable bonds is 6. The van der Waals surface area contributed by atoms with Crippen LogP contribution in [0.4, 0.5) is 0 Å². The maximum Gasteiger partial charge on any atom is 0.224 e. The molecule has 0 radical (unpaired) electrons. The van der Waals surface area contributed by atoms with Gasteiger partial charge in [-0.15, -0.1) is 0 Å². The number of benzene rings is 1. The van der Waals surface area contributed by atoms with Crippen LogP contribution in [0.1, 0.15) is 44.9 Å². The summed E-state index contributed by atoms with van der Waals surface area (Å²) in [5.41, 5.74) is 7.40. The van der Waals surface area contributed by atoms with Crippen LogP contribution in [0.25, 0.3) is 0 Å². The molecule has 3 heteroatoms. The van der Waals surface area contributed by atoms with Gasteiger partial charge >= 0.3 is 0 Å². The molecule has 0 bridgehead atoms. The zero-order valence-electron chi connectivity index (χ0n) is 11.8. The Morgan fingerprint density at radius 3 is 2.33 bits per heavy atom. The van der Waals surface area contributed by atoms with Gasteiger partial charge in [0, 0.05) is 12.6 Å². The number of hydrogen-bond acceptors (Lipinski definition) is 2. The molecule has 3 N–H and O–H groups in total. The van der Waals surface area contributed by atoms with Crippen LogP contribution < -0.4 is 11.1 Å². The molecule has 0 saturated heterocycles. The molecule has 1 atom stereocenters. The van der Waals surface area contributed by atoms with E-state index in [9.17, 15) is 4.79 Å². The molecule has 1 rings (SSSR count). The van der Waals surface area contributed by atoms with Crippen molar-refractivity contribution in [3.05, 3.63) is 35.4 Å². The lowest BCUT2D eigenvalue weighted by atomic mass is 9.92. The summed E-state index contributed by atoms with van der Waals surface area (Å²) >= 11 is 0. The number of nitrogens with one attached hydrogen (secondary N) is 1. The largest absolute Gasteiger partial charge is 0.369 e. The maximum atomic E-state index is 11.2. The first kappa shape index (κ1) is 14.7. The molecule has 3 nitrogen and oxygen atoms in total. The topological polar surface area (TPSA) is 55.1 Å². The van der Waals surface area contributed by atoms with Crippen molar-refractivity contribution in [3.63, 3.8) is 0 Å². The second-order valence-corrected chi connectivity index (χ2v) is 5.45. The summed E-state index contributed by atoms with van der Waals surface area (Å²) in [5, 5.41) is 3.36. The van der Waals surface area contributed by atoms with Crippen LogP contribution in [0, 0.1) is 5.41 Å². The van der Waals surface area contributed by atoms with E-state index >= 15 is 0 Å². The van der Waals surface area contributed by atoms with Crippen molar-refractivity contribution >= 4 is 5.91 Å². The average Bonchev–Trinajstić information content (AvgIpc) is 2.36. The molecule has 100 valence electrons. The van der Waals surface area contributed by atoms with Crippen LogP contribution in [-0.2, 0) is 11.2 Å². The van der Waals surface area contributed by atoms with Crippen molar-refractivity contribution in [2.24, 2.45) is 11.1 Å². The Labute approximate surface area is 110 Å². The van der Waals surface area contributed by atoms with Gasteiger partial charge in [-0.1, -0.05) is 31.2 Å².